The van der Waals surface area contributed by atoms with E-state index in [0.29, 0.717) is 30.2 Å². The number of benzene rings is 2. The highest BCUT2D eigenvalue weighted by Crippen LogP contribution is 2.41. The van der Waals surface area contributed by atoms with Crippen LogP contribution < -0.4 is 19.7 Å². The molecule has 3 heterocycles. The van der Waals surface area contributed by atoms with Crippen LogP contribution in [0.4, 0.5) is 11.4 Å². The van der Waals surface area contributed by atoms with Crippen LogP contribution in [-0.4, -0.2) is 67.4 Å². The lowest BCUT2D eigenvalue weighted by Gasteiger charge is -2.37. The number of aryl methyl sites for hydroxylation is 2. The Morgan fingerprint density at radius 1 is 1.17 bits per heavy atom. The van der Waals surface area contributed by atoms with Crippen molar-refractivity contribution in [1.82, 2.24) is 15.0 Å². The molecule has 2 aliphatic heterocycles. The van der Waals surface area contributed by atoms with Gasteiger partial charge in [0.25, 0.3) is 5.91 Å². The van der Waals surface area contributed by atoms with Gasteiger partial charge in [0.15, 0.2) is 6.10 Å². The summed E-state index contributed by atoms with van der Waals surface area (Å²) in [5.74, 6) is 2.59. The molecule has 0 saturated carbocycles. The summed E-state index contributed by atoms with van der Waals surface area (Å²) in [6.45, 7) is 5.74. The first-order chi connectivity index (χ1) is 17.0. The molecule has 1 N–H and O–H groups in total. The summed E-state index contributed by atoms with van der Waals surface area (Å²) in [5, 5.41) is 6.99. The SMILES string of the molecule is CCc1nc(-c2ccc(NC(=O)C3CCc4cc(OC)cc(N5CCN(C)CC5)c4O3)cc2)no1. The third-order valence-electron chi connectivity index (χ3n) is 6.61. The van der Waals surface area contributed by atoms with Crippen molar-refractivity contribution in [1.29, 1.82) is 0 Å². The summed E-state index contributed by atoms with van der Waals surface area (Å²) >= 11 is 0. The van der Waals surface area contributed by atoms with Crippen molar-refractivity contribution >= 4 is 17.3 Å². The Labute approximate surface area is 205 Å². The first-order valence-corrected chi connectivity index (χ1v) is 12.1. The van der Waals surface area contributed by atoms with Gasteiger partial charge < -0.3 is 29.1 Å². The molecule has 1 saturated heterocycles. The molecule has 184 valence electrons. The number of methoxy groups -OCH3 is 1. The van der Waals surface area contributed by atoms with Crippen LogP contribution in [0.5, 0.6) is 11.5 Å². The lowest BCUT2D eigenvalue weighted by atomic mass is 9.99. The highest BCUT2D eigenvalue weighted by Gasteiger charge is 2.31. The number of hydrogen-bond donors (Lipinski definition) is 1. The second kappa shape index (κ2) is 9.95. The van der Waals surface area contributed by atoms with E-state index in [0.717, 1.165) is 60.9 Å². The van der Waals surface area contributed by atoms with Crippen molar-refractivity contribution in [3.05, 3.63) is 47.9 Å². The van der Waals surface area contributed by atoms with Gasteiger partial charge in [0.2, 0.25) is 11.7 Å². The number of hydrogen-bond acceptors (Lipinski definition) is 8. The number of carbonyl (C=O) groups is 1. The van der Waals surface area contributed by atoms with E-state index >= 15 is 0 Å². The van der Waals surface area contributed by atoms with Gasteiger partial charge in [-0.15, -0.1) is 0 Å². The second-order valence-corrected chi connectivity index (χ2v) is 9.00. The summed E-state index contributed by atoms with van der Waals surface area (Å²) in [6.07, 6.45) is 1.48. The molecule has 9 heteroatoms. The van der Waals surface area contributed by atoms with E-state index in [9.17, 15) is 4.79 Å². The van der Waals surface area contributed by atoms with Crippen LogP contribution >= 0.6 is 0 Å². The molecule has 0 spiro atoms. The largest absolute Gasteiger partial charge is 0.497 e. The Hall–Kier alpha value is -3.59. The van der Waals surface area contributed by atoms with E-state index in [2.05, 4.69) is 32.3 Å². The normalized spacial score (nSPS) is 18.0. The summed E-state index contributed by atoms with van der Waals surface area (Å²) < 4.78 is 17.1. The van der Waals surface area contributed by atoms with Crippen molar-refractivity contribution < 1.29 is 18.8 Å². The van der Waals surface area contributed by atoms with Crippen LogP contribution in [-0.2, 0) is 17.6 Å². The van der Waals surface area contributed by atoms with Gasteiger partial charge in [-0.25, -0.2) is 0 Å². The van der Waals surface area contributed by atoms with E-state index in [1.165, 1.54) is 0 Å². The van der Waals surface area contributed by atoms with Gasteiger partial charge in [-0.1, -0.05) is 12.1 Å². The molecule has 1 fully saturated rings. The molecule has 2 aliphatic rings. The third kappa shape index (κ3) is 4.95. The van der Waals surface area contributed by atoms with Crippen molar-refractivity contribution in [2.45, 2.75) is 32.3 Å². The fraction of sp³-hybridized carbons (Fsp3) is 0.423. The minimum Gasteiger partial charge on any atom is -0.497 e. The quantitative estimate of drug-likeness (QED) is 0.578. The Bertz CT molecular complexity index is 1180. The molecule has 1 amide bonds. The van der Waals surface area contributed by atoms with E-state index in [1.54, 1.807) is 7.11 Å². The predicted octanol–water partition coefficient (Wildman–Crippen LogP) is 3.39. The predicted molar refractivity (Wildman–Crippen MR) is 133 cm³/mol. The van der Waals surface area contributed by atoms with Gasteiger partial charge in [0, 0.05) is 55.5 Å². The molecular weight excluding hydrogens is 446 g/mol. The van der Waals surface area contributed by atoms with Crippen molar-refractivity contribution in [3.63, 3.8) is 0 Å². The maximum Gasteiger partial charge on any atom is 0.265 e. The number of ether oxygens (including phenoxy) is 2. The first-order valence-electron chi connectivity index (χ1n) is 12.1. The Kier molecular flexibility index (Phi) is 6.59. The maximum absolute atomic E-state index is 13.1. The number of fused-ring (bicyclic) bond motifs is 1. The van der Waals surface area contributed by atoms with Crippen LogP contribution in [0.1, 0.15) is 24.8 Å². The fourth-order valence-electron chi connectivity index (χ4n) is 4.48. The zero-order valence-corrected chi connectivity index (χ0v) is 20.4. The number of piperazine rings is 1. The van der Waals surface area contributed by atoms with Gasteiger partial charge in [0.1, 0.15) is 11.5 Å². The van der Waals surface area contributed by atoms with E-state index in [1.807, 2.05) is 43.3 Å². The molecule has 5 rings (SSSR count). The summed E-state index contributed by atoms with van der Waals surface area (Å²) in [4.78, 5) is 22.1. The molecule has 9 nitrogen and oxygen atoms in total. The van der Waals surface area contributed by atoms with Gasteiger partial charge in [-0.2, -0.15) is 4.98 Å². The number of likely N-dealkylation sites (N-methyl/N-ethyl adjacent to an activating group) is 1. The van der Waals surface area contributed by atoms with Gasteiger partial charge in [-0.05, 0) is 50.2 Å². The monoisotopic (exact) mass is 477 g/mol. The maximum atomic E-state index is 13.1. The van der Waals surface area contributed by atoms with Crippen LogP contribution in [0.15, 0.2) is 40.9 Å². The molecular formula is C26H31N5O4. The van der Waals surface area contributed by atoms with Gasteiger partial charge >= 0.3 is 0 Å². The lowest BCUT2D eigenvalue weighted by molar-refractivity contribution is -0.123. The van der Waals surface area contributed by atoms with E-state index in [4.69, 9.17) is 14.0 Å². The van der Waals surface area contributed by atoms with E-state index in [-0.39, 0.29) is 5.91 Å². The summed E-state index contributed by atoms with van der Waals surface area (Å²) in [7, 11) is 3.81. The highest BCUT2D eigenvalue weighted by atomic mass is 16.5. The summed E-state index contributed by atoms with van der Waals surface area (Å²) in [5.41, 5.74) is 3.61. The Balaban J connectivity index is 1.30. The minimum atomic E-state index is -0.564. The number of amides is 1. The molecule has 35 heavy (non-hydrogen) atoms. The number of anilines is 2. The molecule has 0 aliphatic carbocycles. The molecule has 0 radical (unpaired) electrons. The molecule has 1 atom stereocenters. The standard InChI is InChI=1S/C26H31N5O4/c1-4-23-28-25(29-35-23)17-5-8-19(9-6-17)27-26(32)22-10-7-18-15-20(33-3)16-21(24(18)34-22)31-13-11-30(2)12-14-31/h5-6,8-9,15-16,22H,4,7,10-14H2,1-3H3,(H,27,32). The summed E-state index contributed by atoms with van der Waals surface area (Å²) in [6, 6.07) is 11.5. The smallest absolute Gasteiger partial charge is 0.265 e. The van der Waals surface area contributed by atoms with Crippen LogP contribution in [0.3, 0.4) is 0 Å². The van der Waals surface area contributed by atoms with Crippen LogP contribution in [0, 0.1) is 0 Å². The molecule has 1 aromatic heterocycles. The second-order valence-electron chi connectivity index (χ2n) is 9.00. The molecule has 0 bridgehead atoms. The number of nitrogens with zero attached hydrogens (tertiary/aromatic N) is 4. The molecule has 3 aromatic rings. The zero-order valence-electron chi connectivity index (χ0n) is 20.4. The molecule has 2 aromatic carbocycles. The van der Waals surface area contributed by atoms with Crippen molar-refractivity contribution in [2.24, 2.45) is 0 Å². The third-order valence-corrected chi connectivity index (χ3v) is 6.61. The number of rotatable bonds is 6. The van der Waals surface area contributed by atoms with Crippen molar-refractivity contribution in [2.75, 3.05) is 50.6 Å². The van der Waals surface area contributed by atoms with Crippen LogP contribution in [0.2, 0.25) is 0 Å². The Morgan fingerprint density at radius 2 is 1.94 bits per heavy atom. The van der Waals surface area contributed by atoms with E-state index < -0.39 is 6.10 Å². The van der Waals surface area contributed by atoms with Gasteiger partial charge in [-0.3, -0.25) is 4.79 Å². The zero-order chi connectivity index (χ0) is 24.4. The average molecular weight is 478 g/mol. The molecule has 1 unspecified atom stereocenters. The van der Waals surface area contributed by atoms with Crippen molar-refractivity contribution in [3.8, 4) is 22.9 Å². The number of aromatic nitrogens is 2. The highest BCUT2D eigenvalue weighted by molar-refractivity contribution is 5.95. The number of nitrogens with one attached hydrogen (secondary N) is 1. The number of carbonyl (C=O) groups excluding carboxylic acids is 1. The topological polar surface area (TPSA) is 93.0 Å². The van der Waals surface area contributed by atoms with Gasteiger partial charge in [0.05, 0.1) is 12.8 Å². The van der Waals surface area contributed by atoms with Crippen LogP contribution in [0.25, 0.3) is 11.4 Å². The fourth-order valence-corrected chi connectivity index (χ4v) is 4.48. The Morgan fingerprint density at radius 3 is 2.63 bits per heavy atom. The minimum absolute atomic E-state index is 0.156. The lowest BCUT2D eigenvalue weighted by Crippen LogP contribution is -2.45. The first kappa shape index (κ1) is 23.2. The average Bonchev–Trinajstić information content (AvgIpc) is 3.38.